The van der Waals surface area contributed by atoms with Gasteiger partial charge < -0.3 is 25.0 Å². The van der Waals surface area contributed by atoms with Crippen molar-refractivity contribution in [3.8, 4) is 11.8 Å². The van der Waals surface area contributed by atoms with E-state index in [-0.39, 0.29) is 11.8 Å². The predicted octanol–water partition coefficient (Wildman–Crippen LogP) is 3.23. The second-order valence-corrected chi connectivity index (χ2v) is 7.93. The van der Waals surface area contributed by atoms with E-state index >= 15 is 0 Å². The van der Waals surface area contributed by atoms with Crippen LogP contribution < -0.4 is 25.0 Å². The Morgan fingerprint density at radius 3 is 2.56 bits per heavy atom. The molecule has 0 unspecified atom stereocenters. The van der Waals surface area contributed by atoms with Crippen molar-refractivity contribution in [1.29, 1.82) is 0 Å². The third-order valence-corrected chi connectivity index (χ3v) is 5.44. The summed E-state index contributed by atoms with van der Waals surface area (Å²) < 4.78 is 24.2. The monoisotopic (exact) mass is 439 g/mol. The smallest absolute Gasteiger partial charge is 0.316 e. The molecule has 1 aromatic heterocycles. The van der Waals surface area contributed by atoms with Crippen LogP contribution in [0.1, 0.15) is 24.2 Å². The maximum atomic E-state index is 14.1. The molecule has 1 aliphatic rings. The van der Waals surface area contributed by atoms with Gasteiger partial charge in [-0.1, -0.05) is 0 Å². The summed E-state index contributed by atoms with van der Waals surface area (Å²) in [6.07, 6.45) is 1.68. The van der Waals surface area contributed by atoms with Crippen molar-refractivity contribution in [1.82, 2.24) is 15.3 Å². The van der Waals surface area contributed by atoms with Crippen LogP contribution >= 0.6 is 0 Å². The number of aromatic nitrogens is 2. The van der Waals surface area contributed by atoms with E-state index in [1.807, 2.05) is 6.07 Å². The first-order valence-electron chi connectivity index (χ1n) is 10.4. The standard InChI is InChI=1S/C23H26FN5O3/c1-13-11-29(12-14(2)26-13)19-7-6-16(21-17(19)10-25-23(28-21)32-4)22(30)27-15-5-8-20(31-3)18(24)9-15/h5-10,13-14,26H,11-12H2,1-4H3,(H,27,30)/t13-,14+. The molecule has 1 amide bonds. The van der Waals surface area contributed by atoms with Gasteiger partial charge in [0.05, 0.1) is 25.3 Å². The summed E-state index contributed by atoms with van der Waals surface area (Å²) >= 11 is 0. The number of halogens is 1. The molecule has 1 saturated heterocycles. The molecule has 0 aliphatic carbocycles. The van der Waals surface area contributed by atoms with E-state index in [1.54, 1.807) is 18.3 Å². The van der Waals surface area contributed by atoms with E-state index in [0.29, 0.717) is 28.9 Å². The number of piperazine rings is 1. The molecule has 4 rings (SSSR count). The van der Waals surface area contributed by atoms with Gasteiger partial charge in [0.15, 0.2) is 11.6 Å². The number of nitrogens with zero attached hydrogens (tertiary/aromatic N) is 3. The molecule has 2 atom stereocenters. The molecule has 1 aliphatic heterocycles. The Bertz CT molecular complexity index is 1150. The number of fused-ring (bicyclic) bond motifs is 1. The van der Waals surface area contributed by atoms with Crippen LogP contribution in [0.4, 0.5) is 15.8 Å². The van der Waals surface area contributed by atoms with Gasteiger partial charge in [0.2, 0.25) is 0 Å². The van der Waals surface area contributed by atoms with Gasteiger partial charge in [0, 0.05) is 54.2 Å². The zero-order valence-corrected chi connectivity index (χ0v) is 18.5. The van der Waals surface area contributed by atoms with Crippen molar-refractivity contribution < 1.29 is 18.7 Å². The molecule has 3 aromatic rings. The minimum Gasteiger partial charge on any atom is -0.494 e. The SMILES string of the molecule is COc1ncc2c(N3C[C@@H](C)N[C@@H](C)C3)ccc(C(=O)Nc3ccc(OC)c(F)c3)c2n1. The van der Waals surface area contributed by atoms with Crippen molar-refractivity contribution in [3.05, 3.63) is 47.9 Å². The van der Waals surface area contributed by atoms with E-state index < -0.39 is 11.7 Å². The fourth-order valence-electron chi connectivity index (χ4n) is 4.11. The average molecular weight is 439 g/mol. The lowest BCUT2D eigenvalue weighted by Crippen LogP contribution is -2.54. The highest BCUT2D eigenvalue weighted by Crippen LogP contribution is 2.31. The lowest BCUT2D eigenvalue weighted by atomic mass is 10.0. The summed E-state index contributed by atoms with van der Waals surface area (Å²) in [4.78, 5) is 24.1. The second-order valence-electron chi connectivity index (χ2n) is 7.93. The lowest BCUT2D eigenvalue weighted by Gasteiger charge is -2.38. The summed E-state index contributed by atoms with van der Waals surface area (Å²) in [6.45, 7) is 5.92. The molecule has 9 heteroatoms. The summed E-state index contributed by atoms with van der Waals surface area (Å²) in [5.41, 5.74) is 2.09. The Kier molecular flexibility index (Phi) is 6.09. The minimum absolute atomic E-state index is 0.106. The first-order valence-corrected chi connectivity index (χ1v) is 10.4. The fourth-order valence-corrected chi connectivity index (χ4v) is 4.11. The summed E-state index contributed by atoms with van der Waals surface area (Å²) in [7, 11) is 2.86. The van der Waals surface area contributed by atoms with Gasteiger partial charge in [-0.2, -0.15) is 4.98 Å². The number of hydrogen-bond acceptors (Lipinski definition) is 7. The van der Waals surface area contributed by atoms with E-state index in [2.05, 4.69) is 39.3 Å². The summed E-state index contributed by atoms with van der Waals surface area (Å²) in [6, 6.07) is 8.71. The summed E-state index contributed by atoms with van der Waals surface area (Å²) in [5.74, 6) is -0.861. The highest BCUT2D eigenvalue weighted by Gasteiger charge is 2.24. The molecule has 168 valence electrons. The van der Waals surface area contributed by atoms with Crippen molar-refractivity contribution >= 4 is 28.2 Å². The van der Waals surface area contributed by atoms with Gasteiger partial charge in [-0.15, -0.1) is 0 Å². The van der Waals surface area contributed by atoms with Gasteiger partial charge in [-0.25, -0.2) is 9.37 Å². The number of anilines is 2. The molecule has 0 bridgehead atoms. The number of hydrogen-bond donors (Lipinski definition) is 2. The molecule has 2 heterocycles. The molecule has 2 N–H and O–H groups in total. The molecule has 8 nitrogen and oxygen atoms in total. The number of ether oxygens (including phenoxy) is 2. The van der Waals surface area contributed by atoms with Crippen molar-refractivity contribution in [2.75, 3.05) is 37.5 Å². The maximum absolute atomic E-state index is 14.1. The van der Waals surface area contributed by atoms with Gasteiger partial charge in [-0.05, 0) is 38.1 Å². The molecule has 2 aromatic carbocycles. The Hall–Kier alpha value is -3.46. The fraction of sp³-hybridized carbons (Fsp3) is 0.348. The zero-order chi connectivity index (χ0) is 22.8. The van der Waals surface area contributed by atoms with Crippen LogP contribution in [0.5, 0.6) is 11.8 Å². The van der Waals surface area contributed by atoms with E-state index in [4.69, 9.17) is 9.47 Å². The highest BCUT2D eigenvalue weighted by molar-refractivity contribution is 6.13. The third-order valence-electron chi connectivity index (χ3n) is 5.44. The number of carbonyl (C=O) groups is 1. The van der Waals surface area contributed by atoms with Gasteiger partial charge in [0.1, 0.15) is 0 Å². The van der Waals surface area contributed by atoms with Crippen LogP contribution in [0, 0.1) is 5.82 Å². The number of rotatable bonds is 5. The Labute approximate surface area is 185 Å². The van der Waals surface area contributed by atoms with Crippen LogP contribution in [0.15, 0.2) is 36.5 Å². The van der Waals surface area contributed by atoms with Crippen LogP contribution in [0.3, 0.4) is 0 Å². The number of carbonyl (C=O) groups excluding carboxylic acids is 1. The second kappa shape index (κ2) is 8.96. The normalized spacial score (nSPS) is 18.5. The zero-order valence-electron chi connectivity index (χ0n) is 18.5. The number of amides is 1. The lowest BCUT2D eigenvalue weighted by molar-refractivity contribution is 0.102. The molecule has 0 spiro atoms. The third kappa shape index (κ3) is 4.29. The molecular weight excluding hydrogens is 413 g/mol. The van der Waals surface area contributed by atoms with Crippen LogP contribution in [-0.2, 0) is 0 Å². The molecule has 0 radical (unpaired) electrons. The van der Waals surface area contributed by atoms with E-state index in [9.17, 15) is 9.18 Å². The molecule has 0 saturated carbocycles. The van der Waals surface area contributed by atoms with Crippen LogP contribution in [0.2, 0.25) is 0 Å². The van der Waals surface area contributed by atoms with Gasteiger partial charge >= 0.3 is 6.01 Å². The predicted molar refractivity (Wildman–Crippen MR) is 121 cm³/mol. The van der Waals surface area contributed by atoms with E-state index in [0.717, 1.165) is 24.2 Å². The largest absolute Gasteiger partial charge is 0.494 e. The van der Waals surface area contributed by atoms with E-state index in [1.165, 1.54) is 26.4 Å². The van der Waals surface area contributed by atoms with Gasteiger partial charge in [0.25, 0.3) is 5.91 Å². The average Bonchev–Trinajstić information content (AvgIpc) is 2.77. The van der Waals surface area contributed by atoms with Crippen molar-refractivity contribution in [2.45, 2.75) is 25.9 Å². The number of methoxy groups -OCH3 is 2. The highest BCUT2D eigenvalue weighted by atomic mass is 19.1. The Morgan fingerprint density at radius 1 is 1.16 bits per heavy atom. The minimum atomic E-state index is -0.559. The van der Waals surface area contributed by atoms with Crippen LogP contribution in [-0.4, -0.2) is 55.3 Å². The van der Waals surface area contributed by atoms with Crippen molar-refractivity contribution in [2.24, 2.45) is 0 Å². The molecule has 1 fully saturated rings. The quantitative estimate of drug-likeness (QED) is 0.631. The Morgan fingerprint density at radius 2 is 1.91 bits per heavy atom. The molecule has 32 heavy (non-hydrogen) atoms. The Balaban J connectivity index is 1.73. The number of nitrogens with one attached hydrogen (secondary N) is 2. The van der Waals surface area contributed by atoms with Crippen LogP contribution in [0.25, 0.3) is 10.9 Å². The topological polar surface area (TPSA) is 88.6 Å². The first-order chi connectivity index (χ1) is 15.4. The first kappa shape index (κ1) is 21.8. The van der Waals surface area contributed by atoms with Crippen molar-refractivity contribution in [3.63, 3.8) is 0 Å². The summed E-state index contributed by atoms with van der Waals surface area (Å²) in [5, 5.41) is 7.00. The van der Waals surface area contributed by atoms with Gasteiger partial charge in [-0.3, -0.25) is 4.79 Å². The molecular formula is C23H26FN5O3. The number of benzene rings is 2. The maximum Gasteiger partial charge on any atom is 0.316 e.